The monoisotopic (exact) mass is 163 g/mol. The quantitative estimate of drug-likeness (QED) is 0.630. The first-order valence-electron chi connectivity index (χ1n) is 3.90. The SMILES string of the molecule is CCc1[c]c2cc(F)ccc2o1. The Morgan fingerprint density at radius 2 is 2.33 bits per heavy atom. The van der Waals surface area contributed by atoms with Gasteiger partial charge in [0.1, 0.15) is 17.2 Å². The Kier molecular flexibility index (Phi) is 1.61. The summed E-state index contributed by atoms with van der Waals surface area (Å²) < 4.78 is 18.0. The number of halogens is 1. The Morgan fingerprint density at radius 1 is 1.50 bits per heavy atom. The number of aryl methyl sites for hydroxylation is 1. The molecule has 1 nitrogen and oxygen atoms in total. The molecule has 61 valence electrons. The summed E-state index contributed by atoms with van der Waals surface area (Å²) in [6, 6.07) is 7.42. The van der Waals surface area contributed by atoms with Gasteiger partial charge in [-0.3, -0.25) is 0 Å². The van der Waals surface area contributed by atoms with Crippen LogP contribution < -0.4 is 0 Å². The molecule has 1 aromatic carbocycles. The van der Waals surface area contributed by atoms with E-state index in [0.29, 0.717) is 11.0 Å². The predicted molar refractivity (Wildman–Crippen MR) is 44.4 cm³/mol. The van der Waals surface area contributed by atoms with Gasteiger partial charge in [-0.2, -0.15) is 0 Å². The lowest BCUT2D eigenvalue weighted by Crippen LogP contribution is -1.69. The molecule has 0 aliphatic carbocycles. The number of furan rings is 1. The normalized spacial score (nSPS) is 10.8. The second-order valence-electron chi connectivity index (χ2n) is 2.64. The van der Waals surface area contributed by atoms with Crippen molar-refractivity contribution in [2.24, 2.45) is 0 Å². The van der Waals surface area contributed by atoms with Crippen molar-refractivity contribution in [2.45, 2.75) is 13.3 Å². The first-order chi connectivity index (χ1) is 5.79. The average Bonchev–Trinajstić information content (AvgIpc) is 2.46. The van der Waals surface area contributed by atoms with E-state index in [1.807, 2.05) is 6.92 Å². The van der Waals surface area contributed by atoms with Crippen molar-refractivity contribution in [2.75, 3.05) is 0 Å². The van der Waals surface area contributed by atoms with Crippen LogP contribution in [0.25, 0.3) is 11.0 Å². The highest BCUT2D eigenvalue weighted by Crippen LogP contribution is 2.19. The second kappa shape index (κ2) is 2.63. The zero-order valence-corrected chi connectivity index (χ0v) is 6.73. The molecule has 0 atom stereocenters. The predicted octanol–water partition coefficient (Wildman–Crippen LogP) is 2.93. The zero-order chi connectivity index (χ0) is 8.55. The molecule has 1 radical (unpaired) electrons. The van der Waals surface area contributed by atoms with Crippen LogP contribution in [0.4, 0.5) is 4.39 Å². The van der Waals surface area contributed by atoms with Gasteiger partial charge in [0.05, 0.1) is 0 Å². The topological polar surface area (TPSA) is 13.1 Å². The fraction of sp³-hybridized carbons (Fsp3) is 0.200. The van der Waals surface area contributed by atoms with Crippen molar-refractivity contribution < 1.29 is 8.81 Å². The Balaban J connectivity index is 2.67. The molecule has 0 fully saturated rings. The summed E-state index contributed by atoms with van der Waals surface area (Å²) in [6.45, 7) is 1.98. The third-order valence-corrected chi connectivity index (χ3v) is 1.77. The van der Waals surface area contributed by atoms with Gasteiger partial charge in [-0.25, -0.2) is 4.39 Å². The van der Waals surface area contributed by atoms with Crippen molar-refractivity contribution in [1.82, 2.24) is 0 Å². The maximum absolute atomic E-state index is 12.7. The van der Waals surface area contributed by atoms with Crippen LogP contribution in [0.1, 0.15) is 12.7 Å². The number of hydrogen-bond acceptors (Lipinski definition) is 1. The van der Waals surface area contributed by atoms with Gasteiger partial charge in [0.15, 0.2) is 0 Å². The van der Waals surface area contributed by atoms with E-state index in [0.717, 1.165) is 12.2 Å². The van der Waals surface area contributed by atoms with E-state index in [4.69, 9.17) is 4.42 Å². The molecule has 2 rings (SSSR count). The van der Waals surface area contributed by atoms with Gasteiger partial charge in [-0.15, -0.1) is 0 Å². The maximum atomic E-state index is 12.7. The molecule has 0 N–H and O–H groups in total. The van der Waals surface area contributed by atoms with Crippen molar-refractivity contribution in [3.05, 3.63) is 35.8 Å². The van der Waals surface area contributed by atoms with Gasteiger partial charge in [-0.1, -0.05) is 6.92 Å². The lowest BCUT2D eigenvalue weighted by Gasteiger charge is -1.86. The Labute approximate surface area is 69.8 Å². The van der Waals surface area contributed by atoms with E-state index in [1.165, 1.54) is 12.1 Å². The fourth-order valence-corrected chi connectivity index (χ4v) is 1.16. The van der Waals surface area contributed by atoms with Gasteiger partial charge in [-0.05, 0) is 18.2 Å². The molecule has 1 heterocycles. The van der Waals surface area contributed by atoms with Gasteiger partial charge in [0.25, 0.3) is 0 Å². The highest BCUT2D eigenvalue weighted by molar-refractivity contribution is 5.77. The molecule has 0 unspecified atom stereocenters. The van der Waals surface area contributed by atoms with Gasteiger partial charge < -0.3 is 4.42 Å². The van der Waals surface area contributed by atoms with E-state index in [2.05, 4.69) is 6.07 Å². The van der Waals surface area contributed by atoms with Crippen LogP contribution in [0.5, 0.6) is 0 Å². The molecule has 2 aromatic rings. The minimum Gasteiger partial charge on any atom is -0.460 e. The number of fused-ring (bicyclic) bond motifs is 1. The smallest absolute Gasteiger partial charge is 0.135 e. The summed E-state index contributed by atoms with van der Waals surface area (Å²) in [7, 11) is 0. The maximum Gasteiger partial charge on any atom is 0.135 e. The van der Waals surface area contributed by atoms with Gasteiger partial charge in [0, 0.05) is 17.9 Å². The van der Waals surface area contributed by atoms with E-state index in [-0.39, 0.29) is 5.82 Å². The Hall–Kier alpha value is -1.31. The summed E-state index contributed by atoms with van der Waals surface area (Å²) >= 11 is 0. The molecule has 0 aliphatic rings. The molecular weight excluding hydrogens is 155 g/mol. The highest BCUT2D eigenvalue weighted by atomic mass is 19.1. The minimum absolute atomic E-state index is 0.248. The van der Waals surface area contributed by atoms with Crippen LogP contribution in [0, 0.1) is 11.9 Å². The van der Waals surface area contributed by atoms with Crippen molar-refractivity contribution in [3.63, 3.8) is 0 Å². The van der Waals surface area contributed by atoms with Crippen LogP contribution in [0.3, 0.4) is 0 Å². The van der Waals surface area contributed by atoms with E-state index in [9.17, 15) is 4.39 Å². The summed E-state index contributed by atoms with van der Waals surface area (Å²) in [5.74, 6) is 0.526. The van der Waals surface area contributed by atoms with Crippen molar-refractivity contribution in [3.8, 4) is 0 Å². The number of rotatable bonds is 1. The summed E-state index contributed by atoms with van der Waals surface area (Å²) in [5, 5.41) is 0.715. The lowest BCUT2D eigenvalue weighted by molar-refractivity contribution is 0.555. The van der Waals surface area contributed by atoms with Gasteiger partial charge in [0.2, 0.25) is 0 Å². The molecule has 1 aromatic heterocycles. The van der Waals surface area contributed by atoms with Crippen LogP contribution in [-0.4, -0.2) is 0 Å². The van der Waals surface area contributed by atoms with Crippen molar-refractivity contribution >= 4 is 11.0 Å². The standard InChI is InChI=1S/C10H8FO/c1-2-9-6-7-5-8(11)3-4-10(7)12-9/h3-5H,2H2,1H3. The summed E-state index contributed by atoms with van der Waals surface area (Å²) in [4.78, 5) is 0. The second-order valence-corrected chi connectivity index (χ2v) is 2.64. The summed E-state index contributed by atoms with van der Waals surface area (Å²) in [5.41, 5.74) is 0.702. The van der Waals surface area contributed by atoms with Crippen LogP contribution >= 0.6 is 0 Å². The largest absolute Gasteiger partial charge is 0.460 e. The minimum atomic E-state index is -0.248. The molecule has 0 bridgehead atoms. The molecule has 0 saturated carbocycles. The molecule has 12 heavy (non-hydrogen) atoms. The zero-order valence-electron chi connectivity index (χ0n) is 6.73. The first-order valence-corrected chi connectivity index (χ1v) is 3.90. The number of hydrogen-bond donors (Lipinski definition) is 0. The van der Waals surface area contributed by atoms with E-state index >= 15 is 0 Å². The third-order valence-electron chi connectivity index (χ3n) is 1.77. The van der Waals surface area contributed by atoms with E-state index < -0.39 is 0 Å². The van der Waals surface area contributed by atoms with Gasteiger partial charge >= 0.3 is 0 Å². The summed E-state index contributed by atoms with van der Waals surface area (Å²) in [6.07, 6.45) is 0.788. The molecule has 0 aliphatic heterocycles. The average molecular weight is 163 g/mol. The molecule has 0 spiro atoms. The third kappa shape index (κ3) is 1.09. The molecule has 0 amide bonds. The first kappa shape index (κ1) is 7.35. The molecule has 2 heteroatoms. The highest BCUT2D eigenvalue weighted by Gasteiger charge is 2.02. The molecular formula is C10H8FO. The molecule has 0 saturated heterocycles. The Morgan fingerprint density at radius 3 is 3.08 bits per heavy atom. The van der Waals surface area contributed by atoms with Crippen LogP contribution in [-0.2, 0) is 6.42 Å². The van der Waals surface area contributed by atoms with Crippen molar-refractivity contribution in [1.29, 1.82) is 0 Å². The van der Waals surface area contributed by atoms with E-state index in [1.54, 1.807) is 6.07 Å². The Bertz CT molecular complexity index is 403. The fourth-order valence-electron chi connectivity index (χ4n) is 1.16. The van der Waals surface area contributed by atoms with Crippen LogP contribution in [0.15, 0.2) is 22.6 Å². The lowest BCUT2D eigenvalue weighted by atomic mass is 10.2. The van der Waals surface area contributed by atoms with Crippen LogP contribution in [0.2, 0.25) is 0 Å². The number of benzene rings is 1.